The molecule has 0 amide bonds. The van der Waals surface area contributed by atoms with E-state index in [1.807, 2.05) is 23.1 Å². The summed E-state index contributed by atoms with van der Waals surface area (Å²) in [4.78, 5) is 4.18. The molecule has 114 valence electrons. The minimum absolute atomic E-state index is 0.214. The van der Waals surface area contributed by atoms with Gasteiger partial charge in [-0.25, -0.2) is 0 Å². The van der Waals surface area contributed by atoms with E-state index >= 15 is 0 Å². The molecule has 0 radical (unpaired) electrons. The number of para-hydroxylation sites is 1. The minimum Gasteiger partial charge on any atom is -0.368 e. The molecular weight excluding hydrogens is 290 g/mol. The number of hydrogen-bond donors (Lipinski definition) is 1. The van der Waals surface area contributed by atoms with Gasteiger partial charge in [0, 0.05) is 32.2 Å². The summed E-state index contributed by atoms with van der Waals surface area (Å²) in [5.41, 5.74) is 1.57. The van der Waals surface area contributed by atoms with Crippen LogP contribution in [0.1, 0.15) is 12.5 Å². The van der Waals surface area contributed by atoms with Gasteiger partial charge in [-0.05, 0) is 19.1 Å². The average molecular weight is 309 g/mol. The standard InChI is InChI=1S/C14H19N3O3S/c1-12(11-21(18,19)20)16-6-8-17(9-7-16)14-5-3-2-4-13(14)10-15/h2-5,12H,6-9,11H2,1H3,(H,18,19,20). The second-order valence-electron chi connectivity index (χ2n) is 5.25. The molecule has 0 aromatic heterocycles. The lowest BCUT2D eigenvalue weighted by Gasteiger charge is -2.39. The number of nitriles is 1. The van der Waals surface area contributed by atoms with Gasteiger partial charge in [0.25, 0.3) is 10.1 Å². The summed E-state index contributed by atoms with van der Waals surface area (Å²) in [6, 6.07) is 9.44. The molecule has 7 heteroatoms. The first-order valence-corrected chi connectivity index (χ1v) is 8.45. The van der Waals surface area contributed by atoms with Gasteiger partial charge < -0.3 is 4.90 Å². The predicted molar refractivity (Wildman–Crippen MR) is 80.8 cm³/mol. The number of hydrogen-bond acceptors (Lipinski definition) is 5. The van der Waals surface area contributed by atoms with Gasteiger partial charge >= 0.3 is 0 Å². The van der Waals surface area contributed by atoms with E-state index in [4.69, 9.17) is 9.81 Å². The molecule has 1 unspecified atom stereocenters. The van der Waals surface area contributed by atoms with Crippen LogP contribution in [-0.4, -0.2) is 55.8 Å². The fourth-order valence-corrected chi connectivity index (χ4v) is 3.48. The molecule has 1 aliphatic heterocycles. The highest BCUT2D eigenvalue weighted by Crippen LogP contribution is 2.21. The van der Waals surface area contributed by atoms with Crippen LogP contribution < -0.4 is 4.90 Å². The van der Waals surface area contributed by atoms with Crippen molar-refractivity contribution in [3.63, 3.8) is 0 Å². The van der Waals surface area contributed by atoms with Crippen LogP contribution in [0.25, 0.3) is 0 Å². The summed E-state index contributed by atoms with van der Waals surface area (Å²) in [5, 5.41) is 9.14. The van der Waals surface area contributed by atoms with Crippen molar-refractivity contribution in [3.05, 3.63) is 29.8 Å². The van der Waals surface area contributed by atoms with Gasteiger partial charge in [-0.1, -0.05) is 12.1 Å². The monoisotopic (exact) mass is 309 g/mol. The lowest BCUT2D eigenvalue weighted by Crippen LogP contribution is -2.51. The van der Waals surface area contributed by atoms with E-state index in [-0.39, 0.29) is 11.8 Å². The second-order valence-corrected chi connectivity index (χ2v) is 6.75. The molecule has 2 rings (SSSR count). The Balaban J connectivity index is 1.99. The zero-order valence-electron chi connectivity index (χ0n) is 11.9. The van der Waals surface area contributed by atoms with Gasteiger partial charge in [0.05, 0.1) is 17.0 Å². The molecule has 1 aromatic carbocycles. The Morgan fingerprint density at radius 3 is 2.48 bits per heavy atom. The Bertz CT molecular complexity index is 631. The van der Waals surface area contributed by atoms with Crippen molar-refractivity contribution in [2.45, 2.75) is 13.0 Å². The van der Waals surface area contributed by atoms with Gasteiger partial charge in [0.1, 0.15) is 6.07 Å². The molecule has 0 aliphatic carbocycles. The summed E-state index contributed by atoms with van der Waals surface area (Å²) in [6.45, 7) is 4.67. The second kappa shape index (κ2) is 6.43. The quantitative estimate of drug-likeness (QED) is 0.834. The third-order valence-electron chi connectivity index (χ3n) is 3.75. The normalized spacial score (nSPS) is 18.2. The van der Waals surface area contributed by atoms with Crippen molar-refractivity contribution in [2.75, 3.05) is 36.8 Å². The molecule has 1 N–H and O–H groups in total. The number of benzene rings is 1. The highest BCUT2D eigenvalue weighted by molar-refractivity contribution is 7.85. The topological polar surface area (TPSA) is 84.6 Å². The van der Waals surface area contributed by atoms with Crippen LogP contribution in [0.4, 0.5) is 5.69 Å². The lowest BCUT2D eigenvalue weighted by molar-refractivity contribution is 0.209. The fraction of sp³-hybridized carbons (Fsp3) is 0.500. The van der Waals surface area contributed by atoms with Crippen LogP contribution in [0, 0.1) is 11.3 Å². The maximum atomic E-state index is 10.9. The van der Waals surface area contributed by atoms with Crippen molar-refractivity contribution in [3.8, 4) is 6.07 Å². The predicted octanol–water partition coefficient (Wildman–Crippen LogP) is 0.957. The number of rotatable bonds is 4. The third-order valence-corrected chi connectivity index (χ3v) is 4.66. The van der Waals surface area contributed by atoms with E-state index in [2.05, 4.69) is 11.0 Å². The molecular formula is C14H19N3O3S. The lowest BCUT2D eigenvalue weighted by atomic mass is 10.1. The van der Waals surface area contributed by atoms with E-state index in [1.165, 1.54) is 0 Å². The summed E-state index contributed by atoms with van der Waals surface area (Å²) >= 11 is 0. The van der Waals surface area contributed by atoms with Crippen LogP contribution in [0.3, 0.4) is 0 Å². The largest absolute Gasteiger partial charge is 0.368 e. The van der Waals surface area contributed by atoms with Gasteiger partial charge in [0.2, 0.25) is 0 Å². The fourth-order valence-electron chi connectivity index (χ4n) is 2.66. The van der Waals surface area contributed by atoms with E-state index < -0.39 is 10.1 Å². The Labute approximate surface area is 125 Å². The van der Waals surface area contributed by atoms with Crippen LogP contribution in [-0.2, 0) is 10.1 Å². The van der Waals surface area contributed by atoms with E-state index in [9.17, 15) is 8.42 Å². The van der Waals surface area contributed by atoms with E-state index in [0.717, 1.165) is 18.8 Å². The third kappa shape index (κ3) is 4.17. The highest BCUT2D eigenvalue weighted by atomic mass is 32.2. The summed E-state index contributed by atoms with van der Waals surface area (Å²) < 4.78 is 30.8. The zero-order valence-corrected chi connectivity index (χ0v) is 12.8. The van der Waals surface area contributed by atoms with Gasteiger partial charge in [-0.2, -0.15) is 13.7 Å². The maximum Gasteiger partial charge on any atom is 0.266 e. The van der Waals surface area contributed by atoms with Crippen molar-refractivity contribution in [1.29, 1.82) is 5.26 Å². The van der Waals surface area contributed by atoms with Crippen molar-refractivity contribution in [2.24, 2.45) is 0 Å². The van der Waals surface area contributed by atoms with Crippen LogP contribution in [0.15, 0.2) is 24.3 Å². The summed E-state index contributed by atoms with van der Waals surface area (Å²) in [6.07, 6.45) is 0. The smallest absolute Gasteiger partial charge is 0.266 e. The molecule has 0 saturated carbocycles. The Morgan fingerprint density at radius 2 is 1.90 bits per heavy atom. The Hall–Kier alpha value is -1.62. The van der Waals surface area contributed by atoms with Crippen molar-refractivity contribution in [1.82, 2.24) is 4.90 Å². The first-order valence-electron chi connectivity index (χ1n) is 6.84. The molecule has 1 heterocycles. The molecule has 1 fully saturated rings. The van der Waals surface area contributed by atoms with Gasteiger partial charge in [-0.15, -0.1) is 0 Å². The summed E-state index contributed by atoms with van der Waals surface area (Å²) in [7, 11) is -3.95. The molecule has 0 spiro atoms. The van der Waals surface area contributed by atoms with Crippen LogP contribution in [0.2, 0.25) is 0 Å². The van der Waals surface area contributed by atoms with E-state index in [0.29, 0.717) is 18.7 Å². The number of anilines is 1. The van der Waals surface area contributed by atoms with Gasteiger partial charge in [-0.3, -0.25) is 9.45 Å². The molecule has 0 bridgehead atoms. The maximum absolute atomic E-state index is 10.9. The molecule has 6 nitrogen and oxygen atoms in total. The van der Waals surface area contributed by atoms with Crippen molar-refractivity contribution < 1.29 is 13.0 Å². The minimum atomic E-state index is -3.95. The number of piperazine rings is 1. The molecule has 1 atom stereocenters. The molecule has 1 aromatic rings. The van der Waals surface area contributed by atoms with E-state index in [1.54, 1.807) is 13.0 Å². The molecule has 21 heavy (non-hydrogen) atoms. The van der Waals surface area contributed by atoms with Crippen molar-refractivity contribution >= 4 is 15.8 Å². The van der Waals surface area contributed by atoms with Crippen LogP contribution >= 0.6 is 0 Å². The highest BCUT2D eigenvalue weighted by Gasteiger charge is 2.25. The molecule has 1 saturated heterocycles. The van der Waals surface area contributed by atoms with Crippen LogP contribution in [0.5, 0.6) is 0 Å². The average Bonchev–Trinajstić information content (AvgIpc) is 2.45. The Morgan fingerprint density at radius 1 is 1.29 bits per heavy atom. The zero-order chi connectivity index (χ0) is 15.5. The first kappa shape index (κ1) is 15.8. The summed E-state index contributed by atoms with van der Waals surface area (Å²) in [5.74, 6) is -0.248. The molecule has 1 aliphatic rings. The SMILES string of the molecule is CC(CS(=O)(=O)O)N1CCN(c2ccccc2C#N)CC1. The first-order chi connectivity index (χ1) is 9.90. The number of nitrogens with zero attached hydrogens (tertiary/aromatic N) is 3. The Kier molecular flexibility index (Phi) is 4.83. The van der Waals surface area contributed by atoms with Gasteiger partial charge in [0.15, 0.2) is 0 Å².